The smallest absolute Gasteiger partial charge is 0.0588 e. The molecule has 13 heavy (non-hydrogen) atoms. The second-order valence-electron chi connectivity index (χ2n) is 5.09. The average Bonchev–Trinajstić information content (AvgIpc) is 1.95. The standard InChI is InChI=1S/C12H24O/c1-10(2)8-6-7-9-11(13)12(3,4)5/h8,11,13H,6-7,9H2,1-5H3. The van der Waals surface area contributed by atoms with Crippen molar-refractivity contribution in [2.45, 2.75) is 60.0 Å². The predicted molar refractivity (Wildman–Crippen MR) is 58.7 cm³/mol. The van der Waals surface area contributed by atoms with Crippen LogP contribution in [0.1, 0.15) is 53.9 Å². The highest BCUT2D eigenvalue weighted by molar-refractivity contribution is 4.92. The minimum atomic E-state index is -0.168. The molecule has 1 atom stereocenters. The van der Waals surface area contributed by atoms with Crippen LogP contribution in [0.5, 0.6) is 0 Å². The molecule has 0 radical (unpaired) electrons. The lowest BCUT2D eigenvalue weighted by Crippen LogP contribution is -2.25. The molecule has 0 aliphatic heterocycles. The van der Waals surface area contributed by atoms with Crippen molar-refractivity contribution >= 4 is 0 Å². The summed E-state index contributed by atoms with van der Waals surface area (Å²) in [7, 11) is 0. The van der Waals surface area contributed by atoms with Crippen LogP contribution in [0.2, 0.25) is 0 Å². The Balaban J connectivity index is 3.60. The Kier molecular flexibility index (Phi) is 5.31. The number of hydrogen-bond acceptors (Lipinski definition) is 1. The van der Waals surface area contributed by atoms with E-state index in [0.29, 0.717) is 0 Å². The third-order valence-electron chi connectivity index (χ3n) is 2.23. The van der Waals surface area contributed by atoms with E-state index in [9.17, 15) is 5.11 Å². The van der Waals surface area contributed by atoms with Crippen LogP contribution in [0.15, 0.2) is 11.6 Å². The van der Waals surface area contributed by atoms with Crippen LogP contribution in [0, 0.1) is 5.41 Å². The first-order valence-electron chi connectivity index (χ1n) is 5.15. The van der Waals surface area contributed by atoms with Crippen molar-refractivity contribution in [2.75, 3.05) is 0 Å². The zero-order chi connectivity index (χ0) is 10.5. The second kappa shape index (κ2) is 5.43. The topological polar surface area (TPSA) is 20.2 Å². The van der Waals surface area contributed by atoms with E-state index in [1.165, 1.54) is 5.57 Å². The number of aliphatic hydroxyl groups excluding tert-OH is 1. The van der Waals surface area contributed by atoms with Gasteiger partial charge in [-0.05, 0) is 38.5 Å². The molecule has 0 bridgehead atoms. The first-order chi connectivity index (χ1) is 5.84. The van der Waals surface area contributed by atoms with Gasteiger partial charge in [-0.1, -0.05) is 32.4 Å². The Bertz CT molecular complexity index is 158. The quantitative estimate of drug-likeness (QED) is 0.523. The SMILES string of the molecule is CC(C)=CCCCC(O)C(C)(C)C. The van der Waals surface area contributed by atoms with Crippen LogP contribution in [0.4, 0.5) is 0 Å². The van der Waals surface area contributed by atoms with Crippen LogP contribution >= 0.6 is 0 Å². The minimum Gasteiger partial charge on any atom is -0.393 e. The summed E-state index contributed by atoms with van der Waals surface area (Å²) in [5.74, 6) is 0. The Morgan fingerprint density at radius 2 is 1.85 bits per heavy atom. The highest BCUT2D eigenvalue weighted by Crippen LogP contribution is 2.23. The zero-order valence-corrected chi connectivity index (χ0v) is 9.72. The molecule has 0 aromatic heterocycles. The summed E-state index contributed by atoms with van der Waals surface area (Å²) in [4.78, 5) is 0. The third kappa shape index (κ3) is 6.83. The molecule has 1 nitrogen and oxygen atoms in total. The molecule has 0 heterocycles. The number of rotatable bonds is 4. The average molecular weight is 184 g/mol. The second-order valence-corrected chi connectivity index (χ2v) is 5.09. The fourth-order valence-electron chi connectivity index (χ4n) is 1.13. The zero-order valence-electron chi connectivity index (χ0n) is 9.72. The molecule has 0 saturated heterocycles. The van der Waals surface area contributed by atoms with Gasteiger partial charge in [-0.25, -0.2) is 0 Å². The summed E-state index contributed by atoms with van der Waals surface area (Å²) in [5.41, 5.74) is 1.40. The fourth-order valence-corrected chi connectivity index (χ4v) is 1.13. The number of hydrogen-bond donors (Lipinski definition) is 1. The molecule has 0 spiro atoms. The molecule has 1 heteroatoms. The summed E-state index contributed by atoms with van der Waals surface area (Å²) in [6.07, 6.45) is 5.15. The van der Waals surface area contributed by atoms with E-state index >= 15 is 0 Å². The Hall–Kier alpha value is -0.300. The maximum atomic E-state index is 9.73. The van der Waals surface area contributed by atoms with Crippen molar-refractivity contribution < 1.29 is 5.11 Å². The fraction of sp³-hybridized carbons (Fsp3) is 0.833. The summed E-state index contributed by atoms with van der Waals surface area (Å²) in [5, 5.41) is 9.73. The van der Waals surface area contributed by atoms with Gasteiger partial charge in [-0.2, -0.15) is 0 Å². The third-order valence-corrected chi connectivity index (χ3v) is 2.23. The van der Waals surface area contributed by atoms with Crippen molar-refractivity contribution in [1.29, 1.82) is 0 Å². The number of aliphatic hydroxyl groups is 1. The highest BCUT2D eigenvalue weighted by atomic mass is 16.3. The van der Waals surface area contributed by atoms with Gasteiger partial charge >= 0.3 is 0 Å². The Morgan fingerprint density at radius 1 is 1.31 bits per heavy atom. The number of unbranched alkanes of at least 4 members (excludes halogenated alkanes) is 1. The van der Waals surface area contributed by atoms with Gasteiger partial charge in [0.25, 0.3) is 0 Å². The van der Waals surface area contributed by atoms with Crippen LogP contribution in [0.25, 0.3) is 0 Å². The maximum Gasteiger partial charge on any atom is 0.0588 e. The predicted octanol–water partition coefficient (Wildman–Crippen LogP) is 3.53. The van der Waals surface area contributed by atoms with Gasteiger partial charge in [0.2, 0.25) is 0 Å². The molecular weight excluding hydrogens is 160 g/mol. The van der Waals surface area contributed by atoms with Gasteiger partial charge in [0.05, 0.1) is 6.10 Å². The van der Waals surface area contributed by atoms with E-state index in [1.807, 2.05) is 0 Å². The molecule has 0 saturated carbocycles. The van der Waals surface area contributed by atoms with E-state index in [0.717, 1.165) is 19.3 Å². The normalized spacial score (nSPS) is 14.0. The van der Waals surface area contributed by atoms with E-state index < -0.39 is 0 Å². The molecule has 1 N–H and O–H groups in total. The van der Waals surface area contributed by atoms with Gasteiger partial charge in [0.15, 0.2) is 0 Å². The Labute approximate surface area is 82.9 Å². The molecule has 0 aliphatic rings. The lowest BCUT2D eigenvalue weighted by Gasteiger charge is -2.25. The van der Waals surface area contributed by atoms with Crippen molar-refractivity contribution in [3.63, 3.8) is 0 Å². The van der Waals surface area contributed by atoms with Gasteiger partial charge < -0.3 is 5.11 Å². The molecule has 78 valence electrons. The summed E-state index contributed by atoms with van der Waals surface area (Å²) in [6, 6.07) is 0. The molecular formula is C12H24O. The van der Waals surface area contributed by atoms with E-state index in [1.54, 1.807) is 0 Å². The van der Waals surface area contributed by atoms with Crippen molar-refractivity contribution in [3.8, 4) is 0 Å². The van der Waals surface area contributed by atoms with Crippen molar-refractivity contribution in [1.82, 2.24) is 0 Å². The maximum absolute atomic E-state index is 9.73. The van der Waals surface area contributed by atoms with Crippen LogP contribution in [-0.2, 0) is 0 Å². The lowest BCUT2D eigenvalue weighted by molar-refractivity contribution is 0.0542. The largest absolute Gasteiger partial charge is 0.393 e. The van der Waals surface area contributed by atoms with Crippen LogP contribution in [0.3, 0.4) is 0 Å². The van der Waals surface area contributed by atoms with Crippen LogP contribution in [-0.4, -0.2) is 11.2 Å². The minimum absolute atomic E-state index is 0.0327. The highest BCUT2D eigenvalue weighted by Gasteiger charge is 2.20. The van der Waals surface area contributed by atoms with E-state index in [-0.39, 0.29) is 11.5 Å². The first kappa shape index (κ1) is 12.7. The molecule has 0 aliphatic carbocycles. The lowest BCUT2D eigenvalue weighted by atomic mass is 9.86. The van der Waals surface area contributed by atoms with Gasteiger partial charge in [-0.15, -0.1) is 0 Å². The Morgan fingerprint density at radius 3 is 2.23 bits per heavy atom. The molecule has 0 fully saturated rings. The van der Waals surface area contributed by atoms with Gasteiger partial charge in [0, 0.05) is 0 Å². The molecule has 0 amide bonds. The van der Waals surface area contributed by atoms with Crippen molar-refractivity contribution in [2.24, 2.45) is 5.41 Å². The van der Waals surface area contributed by atoms with Gasteiger partial charge in [0.1, 0.15) is 0 Å². The number of allylic oxidation sites excluding steroid dienone is 2. The van der Waals surface area contributed by atoms with E-state index in [4.69, 9.17) is 0 Å². The van der Waals surface area contributed by atoms with E-state index in [2.05, 4.69) is 40.7 Å². The van der Waals surface area contributed by atoms with Crippen molar-refractivity contribution in [3.05, 3.63) is 11.6 Å². The summed E-state index contributed by atoms with van der Waals surface area (Å²) >= 11 is 0. The van der Waals surface area contributed by atoms with Crippen LogP contribution < -0.4 is 0 Å². The molecule has 0 rings (SSSR count). The molecule has 1 unspecified atom stereocenters. The summed E-state index contributed by atoms with van der Waals surface area (Å²) in [6.45, 7) is 10.5. The monoisotopic (exact) mass is 184 g/mol. The molecule has 0 aromatic carbocycles. The summed E-state index contributed by atoms with van der Waals surface area (Å²) < 4.78 is 0. The van der Waals surface area contributed by atoms with Gasteiger partial charge in [-0.3, -0.25) is 0 Å². The molecule has 0 aromatic rings. The first-order valence-corrected chi connectivity index (χ1v) is 5.15.